The van der Waals surface area contributed by atoms with E-state index in [0.717, 1.165) is 33.7 Å². The predicted octanol–water partition coefficient (Wildman–Crippen LogP) is 4.42. The highest BCUT2D eigenvalue weighted by Gasteiger charge is 2.18. The molecule has 0 aliphatic carbocycles. The first-order valence-corrected chi connectivity index (χ1v) is 11.2. The van der Waals surface area contributed by atoms with Gasteiger partial charge in [-0.2, -0.15) is 5.10 Å². The summed E-state index contributed by atoms with van der Waals surface area (Å²) in [6.45, 7) is 5.73. The van der Waals surface area contributed by atoms with E-state index in [9.17, 15) is 4.79 Å². The van der Waals surface area contributed by atoms with E-state index in [0.29, 0.717) is 37.4 Å². The Morgan fingerprint density at radius 3 is 2.64 bits per heavy atom. The van der Waals surface area contributed by atoms with Crippen molar-refractivity contribution in [3.05, 3.63) is 71.9 Å². The maximum atomic E-state index is 13.2. The molecule has 1 N–H and O–H groups in total. The molecule has 0 radical (unpaired) electrons. The average Bonchev–Trinajstić information content (AvgIpc) is 3.28. The number of fused-ring (bicyclic) bond motifs is 2. The molecule has 0 bridgehead atoms. The second-order valence-corrected chi connectivity index (χ2v) is 8.33. The summed E-state index contributed by atoms with van der Waals surface area (Å²) in [6, 6.07) is 17.8. The molecule has 168 valence electrons. The first-order valence-electron chi connectivity index (χ1n) is 11.2. The highest BCUT2D eigenvalue weighted by molar-refractivity contribution is 6.06. The molecule has 2 aromatic carbocycles. The van der Waals surface area contributed by atoms with E-state index in [1.165, 1.54) is 0 Å². The third kappa shape index (κ3) is 4.26. The molecule has 3 heterocycles. The van der Waals surface area contributed by atoms with Gasteiger partial charge in [-0.1, -0.05) is 36.4 Å². The topological polar surface area (TPSA) is 78.3 Å². The maximum Gasteiger partial charge on any atom is 0.252 e. The van der Waals surface area contributed by atoms with Gasteiger partial charge in [0.2, 0.25) is 0 Å². The van der Waals surface area contributed by atoms with Crippen molar-refractivity contribution in [2.45, 2.75) is 26.3 Å². The lowest BCUT2D eigenvalue weighted by Gasteiger charge is -2.19. The molecule has 5 rings (SSSR count). The van der Waals surface area contributed by atoms with Gasteiger partial charge in [0.05, 0.1) is 22.8 Å². The number of ether oxygens (including phenoxy) is 2. The van der Waals surface area contributed by atoms with Gasteiger partial charge in [-0.3, -0.25) is 4.79 Å². The fourth-order valence-corrected chi connectivity index (χ4v) is 4.00. The molecule has 7 heteroatoms. The van der Waals surface area contributed by atoms with Crippen molar-refractivity contribution >= 4 is 16.9 Å². The quantitative estimate of drug-likeness (QED) is 0.478. The molecule has 0 saturated heterocycles. The minimum Gasteiger partial charge on any atom is -0.486 e. The Morgan fingerprint density at radius 1 is 1.06 bits per heavy atom. The number of carbonyl (C=O) groups is 1. The van der Waals surface area contributed by atoms with E-state index in [4.69, 9.17) is 14.5 Å². The number of rotatable bonds is 6. The molecule has 7 nitrogen and oxygen atoms in total. The van der Waals surface area contributed by atoms with Gasteiger partial charge in [0.1, 0.15) is 13.2 Å². The summed E-state index contributed by atoms with van der Waals surface area (Å²) in [6.07, 6.45) is 2.42. The van der Waals surface area contributed by atoms with Gasteiger partial charge < -0.3 is 14.8 Å². The van der Waals surface area contributed by atoms with Crippen LogP contribution >= 0.6 is 0 Å². The Balaban J connectivity index is 1.39. The van der Waals surface area contributed by atoms with Crippen molar-refractivity contribution in [2.75, 3.05) is 19.8 Å². The first kappa shape index (κ1) is 21.0. The standard InChI is InChI=1S/C26H26N4O3/c1-17(2)30-25-21(16-28-30)20(15-22(29-25)19-6-4-3-5-7-19)26(31)27-11-10-18-8-9-23-24(14-18)33-13-12-32-23/h3-9,14-17H,10-13H2,1-2H3,(H,27,31). The number of amides is 1. The minimum absolute atomic E-state index is 0.132. The monoisotopic (exact) mass is 442 g/mol. The molecule has 1 aliphatic rings. The van der Waals surface area contributed by atoms with Gasteiger partial charge in [0.25, 0.3) is 5.91 Å². The Morgan fingerprint density at radius 2 is 1.85 bits per heavy atom. The molecule has 0 fully saturated rings. The van der Waals surface area contributed by atoms with Gasteiger partial charge in [-0.25, -0.2) is 9.67 Å². The number of nitrogens with zero attached hydrogens (tertiary/aromatic N) is 3. The van der Waals surface area contributed by atoms with E-state index >= 15 is 0 Å². The fraction of sp³-hybridized carbons (Fsp3) is 0.269. The van der Waals surface area contributed by atoms with Gasteiger partial charge in [-0.05, 0) is 44.0 Å². The molecular weight excluding hydrogens is 416 g/mol. The molecule has 0 saturated carbocycles. The fourth-order valence-electron chi connectivity index (χ4n) is 4.00. The average molecular weight is 443 g/mol. The van der Waals surface area contributed by atoms with Gasteiger partial charge in [0, 0.05) is 18.2 Å². The number of carbonyl (C=O) groups excluding carboxylic acids is 1. The zero-order valence-electron chi connectivity index (χ0n) is 18.7. The summed E-state index contributed by atoms with van der Waals surface area (Å²) in [5, 5.41) is 8.30. The molecule has 4 aromatic rings. The van der Waals surface area contributed by atoms with Crippen molar-refractivity contribution in [3.8, 4) is 22.8 Å². The van der Waals surface area contributed by atoms with Crippen molar-refractivity contribution < 1.29 is 14.3 Å². The van der Waals surface area contributed by atoms with Crippen LogP contribution in [0, 0.1) is 0 Å². The number of nitrogens with one attached hydrogen (secondary N) is 1. The molecule has 1 amide bonds. The van der Waals surface area contributed by atoms with E-state index in [-0.39, 0.29) is 11.9 Å². The van der Waals surface area contributed by atoms with Crippen molar-refractivity contribution in [1.82, 2.24) is 20.1 Å². The zero-order valence-corrected chi connectivity index (χ0v) is 18.7. The second-order valence-electron chi connectivity index (χ2n) is 8.33. The summed E-state index contributed by atoms with van der Waals surface area (Å²) in [4.78, 5) is 18.1. The van der Waals surface area contributed by atoms with Crippen LogP contribution in [0.15, 0.2) is 60.8 Å². The van der Waals surface area contributed by atoms with Crippen LogP contribution in [0.1, 0.15) is 35.8 Å². The summed E-state index contributed by atoms with van der Waals surface area (Å²) < 4.78 is 13.1. The lowest BCUT2D eigenvalue weighted by molar-refractivity contribution is 0.0955. The highest BCUT2D eigenvalue weighted by atomic mass is 16.6. The molecule has 0 unspecified atom stereocenters. The maximum absolute atomic E-state index is 13.2. The van der Waals surface area contributed by atoms with Crippen molar-refractivity contribution in [3.63, 3.8) is 0 Å². The minimum atomic E-state index is -0.138. The van der Waals surface area contributed by atoms with E-state index in [2.05, 4.69) is 24.3 Å². The smallest absolute Gasteiger partial charge is 0.252 e. The van der Waals surface area contributed by atoms with E-state index < -0.39 is 0 Å². The Bertz CT molecular complexity index is 1300. The summed E-state index contributed by atoms with van der Waals surface area (Å²) >= 11 is 0. The third-order valence-electron chi connectivity index (χ3n) is 5.68. The SMILES string of the molecule is CC(C)n1ncc2c(C(=O)NCCc3ccc4c(c3)OCCO4)cc(-c3ccccc3)nc21. The number of hydrogen-bond acceptors (Lipinski definition) is 5. The molecule has 0 atom stereocenters. The Labute approximate surface area is 192 Å². The summed E-state index contributed by atoms with van der Waals surface area (Å²) in [5.74, 6) is 1.39. The van der Waals surface area contributed by atoms with Crippen LogP contribution in [0.2, 0.25) is 0 Å². The molecule has 33 heavy (non-hydrogen) atoms. The number of aromatic nitrogens is 3. The van der Waals surface area contributed by atoms with Crippen molar-refractivity contribution in [2.24, 2.45) is 0 Å². The number of pyridine rings is 1. The zero-order chi connectivity index (χ0) is 22.8. The number of benzene rings is 2. The lowest BCUT2D eigenvalue weighted by atomic mass is 10.1. The van der Waals surface area contributed by atoms with Gasteiger partial charge in [0.15, 0.2) is 17.1 Å². The molecular formula is C26H26N4O3. The highest BCUT2D eigenvalue weighted by Crippen LogP contribution is 2.31. The third-order valence-corrected chi connectivity index (χ3v) is 5.68. The molecule has 0 spiro atoms. The summed E-state index contributed by atoms with van der Waals surface area (Å²) in [7, 11) is 0. The van der Waals surface area contributed by atoms with Crippen LogP contribution in [0.25, 0.3) is 22.3 Å². The van der Waals surface area contributed by atoms with Gasteiger partial charge in [-0.15, -0.1) is 0 Å². The van der Waals surface area contributed by atoms with E-state index in [1.807, 2.05) is 59.3 Å². The van der Waals surface area contributed by atoms with Crippen LogP contribution in [0.5, 0.6) is 11.5 Å². The van der Waals surface area contributed by atoms with Crippen LogP contribution < -0.4 is 14.8 Å². The lowest BCUT2D eigenvalue weighted by Crippen LogP contribution is -2.26. The van der Waals surface area contributed by atoms with Crippen LogP contribution in [-0.4, -0.2) is 40.4 Å². The van der Waals surface area contributed by atoms with Crippen molar-refractivity contribution in [1.29, 1.82) is 0 Å². The Kier molecular flexibility index (Phi) is 5.69. The summed E-state index contributed by atoms with van der Waals surface area (Å²) in [5.41, 5.74) is 4.08. The van der Waals surface area contributed by atoms with Crippen LogP contribution in [-0.2, 0) is 6.42 Å². The van der Waals surface area contributed by atoms with Gasteiger partial charge >= 0.3 is 0 Å². The first-order chi connectivity index (χ1) is 16.1. The largest absolute Gasteiger partial charge is 0.486 e. The predicted molar refractivity (Wildman–Crippen MR) is 127 cm³/mol. The molecule has 2 aromatic heterocycles. The van der Waals surface area contributed by atoms with E-state index in [1.54, 1.807) is 6.20 Å². The number of hydrogen-bond donors (Lipinski definition) is 1. The van der Waals surface area contributed by atoms with Crippen LogP contribution in [0.4, 0.5) is 0 Å². The Hall–Kier alpha value is -3.87. The molecule has 1 aliphatic heterocycles. The van der Waals surface area contributed by atoms with Crippen LogP contribution in [0.3, 0.4) is 0 Å². The second kappa shape index (κ2) is 8.94. The normalized spacial score (nSPS) is 12.8.